The summed E-state index contributed by atoms with van der Waals surface area (Å²) >= 11 is 1.70. The Kier molecular flexibility index (Phi) is 7.55. The topological polar surface area (TPSA) is 81.4 Å². The minimum Gasteiger partial charge on any atom is -0.375 e. The fourth-order valence-corrected chi connectivity index (χ4v) is 5.35. The molecule has 188 valence electrons. The summed E-state index contributed by atoms with van der Waals surface area (Å²) in [5, 5.41) is 12.9. The molecule has 1 aliphatic rings. The molecule has 0 saturated heterocycles. The van der Waals surface area contributed by atoms with E-state index in [-0.39, 0.29) is 12.2 Å². The van der Waals surface area contributed by atoms with Gasteiger partial charge in [0.05, 0.1) is 30.4 Å². The first-order chi connectivity index (χ1) is 17.1. The number of hydrogen-bond donors (Lipinski definition) is 1. The SMILES string of the molecule is CNCC#Cc1ccc(C2=N[C@@H](C(C=O)COC(C)(C)C)c3nnc(C)n3-c3sc(C)c(C)c32)cc1. The number of thiophene rings is 1. The van der Waals surface area contributed by atoms with Crippen molar-refractivity contribution in [3.05, 3.63) is 63.0 Å². The third-order valence-electron chi connectivity index (χ3n) is 6.13. The fourth-order valence-electron chi connectivity index (χ4n) is 4.13. The molecule has 1 aliphatic heterocycles. The smallest absolute Gasteiger partial charge is 0.163 e. The molecule has 1 aromatic carbocycles. The Balaban J connectivity index is 1.88. The van der Waals surface area contributed by atoms with E-state index in [4.69, 9.17) is 9.73 Å². The molecule has 0 spiro atoms. The molecular formula is C28H33N5O2S. The van der Waals surface area contributed by atoms with Gasteiger partial charge in [0.1, 0.15) is 23.2 Å². The Morgan fingerprint density at radius 1 is 1.19 bits per heavy atom. The fraction of sp³-hybridized carbons (Fsp3) is 0.429. The molecule has 0 saturated carbocycles. The highest BCUT2D eigenvalue weighted by atomic mass is 32.1. The third kappa shape index (κ3) is 5.19. The third-order valence-corrected chi connectivity index (χ3v) is 7.33. The van der Waals surface area contributed by atoms with E-state index in [0.29, 0.717) is 12.4 Å². The summed E-state index contributed by atoms with van der Waals surface area (Å²) < 4.78 is 8.09. The molecule has 2 atom stereocenters. The number of nitrogens with zero attached hydrogens (tertiary/aromatic N) is 4. The van der Waals surface area contributed by atoms with Crippen LogP contribution in [0.1, 0.15) is 65.6 Å². The van der Waals surface area contributed by atoms with Gasteiger partial charge in [-0.2, -0.15) is 0 Å². The summed E-state index contributed by atoms with van der Waals surface area (Å²) in [6, 6.07) is 7.60. The first-order valence-electron chi connectivity index (χ1n) is 12.1. The van der Waals surface area contributed by atoms with Crippen LogP contribution in [-0.4, -0.2) is 52.6 Å². The number of aliphatic imine (C=N–C) groups is 1. The van der Waals surface area contributed by atoms with Crippen molar-refractivity contribution in [1.82, 2.24) is 20.1 Å². The maximum absolute atomic E-state index is 12.4. The predicted octanol–water partition coefficient (Wildman–Crippen LogP) is 4.35. The Morgan fingerprint density at radius 2 is 1.92 bits per heavy atom. The summed E-state index contributed by atoms with van der Waals surface area (Å²) in [4.78, 5) is 18.8. The van der Waals surface area contributed by atoms with Crippen LogP contribution in [0.25, 0.3) is 5.00 Å². The number of aromatic nitrogens is 3. The number of carbonyl (C=O) groups is 1. The van der Waals surface area contributed by atoms with Gasteiger partial charge in [0, 0.05) is 21.6 Å². The Labute approximate surface area is 217 Å². The molecule has 0 radical (unpaired) electrons. The molecule has 1 N–H and O–H groups in total. The number of aldehydes is 1. The van der Waals surface area contributed by atoms with Crippen molar-refractivity contribution in [2.75, 3.05) is 20.2 Å². The number of nitrogens with one attached hydrogen (secondary N) is 1. The van der Waals surface area contributed by atoms with Crippen LogP contribution in [0.3, 0.4) is 0 Å². The van der Waals surface area contributed by atoms with Crippen molar-refractivity contribution >= 4 is 23.3 Å². The average Bonchev–Trinajstić information content (AvgIpc) is 3.30. The zero-order valence-corrected chi connectivity index (χ0v) is 22.8. The van der Waals surface area contributed by atoms with Crippen LogP contribution in [0.4, 0.5) is 0 Å². The lowest BCUT2D eigenvalue weighted by Gasteiger charge is -2.24. The van der Waals surface area contributed by atoms with Gasteiger partial charge in [-0.1, -0.05) is 24.0 Å². The molecule has 8 heteroatoms. The van der Waals surface area contributed by atoms with Gasteiger partial charge in [0.15, 0.2) is 5.82 Å². The number of rotatable bonds is 6. The summed E-state index contributed by atoms with van der Waals surface area (Å²) in [6.07, 6.45) is 0.934. The molecule has 0 amide bonds. The van der Waals surface area contributed by atoms with E-state index in [1.807, 2.05) is 46.9 Å². The molecule has 7 nitrogen and oxygen atoms in total. The zero-order valence-electron chi connectivity index (χ0n) is 22.0. The van der Waals surface area contributed by atoms with E-state index in [1.165, 1.54) is 10.4 Å². The maximum atomic E-state index is 12.4. The van der Waals surface area contributed by atoms with Crippen LogP contribution >= 0.6 is 11.3 Å². The number of ether oxygens (including phenoxy) is 1. The quantitative estimate of drug-likeness (QED) is 0.400. The summed E-state index contributed by atoms with van der Waals surface area (Å²) in [7, 11) is 1.88. The lowest BCUT2D eigenvalue weighted by molar-refractivity contribution is -0.116. The van der Waals surface area contributed by atoms with Gasteiger partial charge in [0.2, 0.25) is 0 Å². The van der Waals surface area contributed by atoms with Crippen LogP contribution in [0.15, 0.2) is 29.3 Å². The van der Waals surface area contributed by atoms with E-state index in [9.17, 15) is 4.79 Å². The van der Waals surface area contributed by atoms with Crippen LogP contribution in [0.5, 0.6) is 0 Å². The summed E-state index contributed by atoms with van der Waals surface area (Å²) in [6.45, 7) is 13.0. The van der Waals surface area contributed by atoms with E-state index in [0.717, 1.165) is 39.5 Å². The van der Waals surface area contributed by atoms with Crippen molar-refractivity contribution in [3.63, 3.8) is 0 Å². The Hall–Kier alpha value is -3.12. The Morgan fingerprint density at radius 3 is 2.56 bits per heavy atom. The lowest BCUT2D eigenvalue weighted by Crippen LogP contribution is -2.28. The van der Waals surface area contributed by atoms with Crippen LogP contribution < -0.4 is 5.32 Å². The van der Waals surface area contributed by atoms with Crippen molar-refractivity contribution < 1.29 is 9.53 Å². The molecule has 0 fully saturated rings. The number of carbonyl (C=O) groups excluding carboxylic acids is 1. The molecule has 3 aromatic rings. The zero-order chi connectivity index (χ0) is 26.0. The molecule has 2 aromatic heterocycles. The normalized spacial score (nSPS) is 15.8. The van der Waals surface area contributed by atoms with Gasteiger partial charge in [-0.15, -0.1) is 21.5 Å². The van der Waals surface area contributed by atoms with Crippen molar-refractivity contribution in [3.8, 4) is 16.8 Å². The number of benzene rings is 1. The molecule has 3 heterocycles. The van der Waals surface area contributed by atoms with Crippen molar-refractivity contribution in [1.29, 1.82) is 0 Å². The van der Waals surface area contributed by atoms with Gasteiger partial charge >= 0.3 is 0 Å². The number of hydrogen-bond acceptors (Lipinski definition) is 7. The first-order valence-corrected chi connectivity index (χ1v) is 12.9. The van der Waals surface area contributed by atoms with Gasteiger partial charge in [0.25, 0.3) is 0 Å². The lowest BCUT2D eigenvalue weighted by atomic mass is 9.97. The van der Waals surface area contributed by atoms with Crippen molar-refractivity contribution in [2.24, 2.45) is 10.9 Å². The van der Waals surface area contributed by atoms with Crippen molar-refractivity contribution in [2.45, 2.75) is 53.2 Å². The van der Waals surface area contributed by atoms with Crippen LogP contribution in [0, 0.1) is 38.5 Å². The molecule has 36 heavy (non-hydrogen) atoms. The molecule has 1 unspecified atom stereocenters. The largest absolute Gasteiger partial charge is 0.375 e. The highest BCUT2D eigenvalue weighted by Crippen LogP contribution is 2.40. The standard InChI is InChI=1S/C28H33N5O2S/c1-17-18(2)36-27-23(17)24(21-12-10-20(11-13-21)9-8-14-29-7)30-25(26-32-31-19(3)33(26)27)22(15-34)16-35-28(4,5)6/h10-13,15,22,25,29H,14,16H2,1-7H3/t22?,25-/m0/s1. The highest BCUT2D eigenvalue weighted by Gasteiger charge is 2.36. The maximum Gasteiger partial charge on any atom is 0.163 e. The summed E-state index contributed by atoms with van der Waals surface area (Å²) in [5.74, 6) is 7.19. The highest BCUT2D eigenvalue weighted by molar-refractivity contribution is 7.15. The van der Waals surface area contributed by atoms with Gasteiger partial charge in [-0.25, -0.2) is 0 Å². The minimum absolute atomic E-state index is 0.242. The minimum atomic E-state index is -0.532. The average molecular weight is 504 g/mol. The van der Waals surface area contributed by atoms with Gasteiger partial charge < -0.3 is 14.8 Å². The van der Waals surface area contributed by atoms with Crippen LogP contribution in [0.2, 0.25) is 0 Å². The molecule has 0 aliphatic carbocycles. The van der Waals surface area contributed by atoms with Gasteiger partial charge in [-0.05, 0) is 66.3 Å². The second-order valence-electron chi connectivity index (χ2n) is 9.96. The van der Waals surface area contributed by atoms with E-state index < -0.39 is 12.0 Å². The predicted molar refractivity (Wildman–Crippen MR) is 144 cm³/mol. The molecule has 4 rings (SSSR count). The van der Waals surface area contributed by atoms with Gasteiger partial charge in [-0.3, -0.25) is 9.56 Å². The number of fused-ring (bicyclic) bond motifs is 3. The first kappa shape index (κ1) is 26.0. The van der Waals surface area contributed by atoms with E-state index in [2.05, 4.69) is 57.9 Å². The molecular weight excluding hydrogens is 470 g/mol. The second-order valence-corrected chi connectivity index (χ2v) is 11.2. The van der Waals surface area contributed by atoms with Crippen LogP contribution in [-0.2, 0) is 9.53 Å². The monoisotopic (exact) mass is 503 g/mol. The second kappa shape index (κ2) is 10.5. The van der Waals surface area contributed by atoms with E-state index in [1.54, 1.807) is 11.3 Å². The molecule has 0 bridgehead atoms. The summed E-state index contributed by atoms with van der Waals surface area (Å²) in [5.41, 5.74) is 4.60. The van der Waals surface area contributed by atoms with E-state index >= 15 is 0 Å². The number of aryl methyl sites for hydroxylation is 2. The Bertz CT molecular complexity index is 1350.